The number of rotatable bonds is 0. The van der Waals surface area contributed by atoms with Gasteiger partial charge in [0.05, 0.1) is 0 Å². The molecular weight excluding hydrogens is 145 g/mol. The van der Waals surface area contributed by atoms with Crippen molar-refractivity contribution in [1.82, 2.24) is 4.98 Å². The van der Waals surface area contributed by atoms with Crippen molar-refractivity contribution < 1.29 is 9.50 Å². The summed E-state index contributed by atoms with van der Waals surface area (Å²) in [6.07, 6.45) is 0. The van der Waals surface area contributed by atoms with Crippen molar-refractivity contribution >= 4 is 0 Å². The van der Waals surface area contributed by atoms with Crippen molar-refractivity contribution in [3.63, 3.8) is 0 Å². The lowest BCUT2D eigenvalue weighted by atomic mass is 10.3. The molecule has 1 N–H and O–H groups in total. The van der Waals surface area contributed by atoms with Crippen molar-refractivity contribution in [2.45, 2.75) is 0 Å². The van der Waals surface area contributed by atoms with Gasteiger partial charge < -0.3 is 5.11 Å². The number of pyridine rings is 1. The minimum Gasteiger partial charge on any atom is -0.384 e. The van der Waals surface area contributed by atoms with Crippen molar-refractivity contribution in [3.05, 3.63) is 29.8 Å². The summed E-state index contributed by atoms with van der Waals surface area (Å²) in [4.78, 5) is 3.46. The number of aliphatic hydroxyl groups is 1. The Hall–Kier alpha value is -1.40. The SMILES string of the molecule is OCC#Cc1cccc(F)n1. The van der Waals surface area contributed by atoms with Crippen molar-refractivity contribution in [1.29, 1.82) is 0 Å². The zero-order valence-electron chi connectivity index (χ0n) is 5.71. The largest absolute Gasteiger partial charge is 0.384 e. The monoisotopic (exact) mass is 151 g/mol. The Bertz CT molecular complexity index is 300. The molecule has 56 valence electrons. The number of nitrogens with zero attached hydrogens (tertiary/aromatic N) is 1. The first-order chi connectivity index (χ1) is 5.33. The second-order valence-corrected chi connectivity index (χ2v) is 1.81. The third-order valence-corrected chi connectivity index (χ3v) is 1.01. The van der Waals surface area contributed by atoms with E-state index < -0.39 is 5.95 Å². The Morgan fingerprint density at radius 1 is 1.55 bits per heavy atom. The first-order valence-corrected chi connectivity index (χ1v) is 3.05. The molecule has 0 unspecified atom stereocenters. The van der Waals surface area contributed by atoms with Gasteiger partial charge in [0.1, 0.15) is 12.3 Å². The van der Waals surface area contributed by atoms with Crippen LogP contribution in [0.5, 0.6) is 0 Å². The van der Waals surface area contributed by atoms with Crippen LogP contribution in [0, 0.1) is 17.8 Å². The normalized spacial score (nSPS) is 8.55. The molecule has 0 fully saturated rings. The number of halogens is 1. The summed E-state index contributed by atoms with van der Waals surface area (Å²) >= 11 is 0. The topological polar surface area (TPSA) is 33.1 Å². The highest BCUT2D eigenvalue weighted by atomic mass is 19.1. The molecule has 0 amide bonds. The molecule has 0 aliphatic carbocycles. The molecule has 2 nitrogen and oxygen atoms in total. The van der Waals surface area contributed by atoms with Gasteiger partial charge in [-0.3, -0.25) is 0 Å². The maximum absolute atomic E-state index is 12.4. The molecule has 11 heavy (non-hydrogen) atoms. The van der Waals surface area contributed by atoms with Crippen LogP contribution in [0.25, 0.3) is 0 Å². The summed E-state index contributed by atoms with van der Waals surface area (Å²) in [7, 11) is 0. The fraction of sp³-hybridized carbons (Fsp3) is 0.125. The van der Waals surface area contributed by atoms with Gasteiger partial charge in [-0.25, -0.2) is 4.98 Å². The van der Waals surface area contributed by atoms with Gasteiger partial charge in [-0.05, 0) is 18.1 Å². The summed E-state index contributed by atoms with van der Waals surface area (Å²) in [5.41, 5.74) is 0.332. The van der Waals surface area contributed by atoms with Crippen molar-refractivity contribution in [2.75, 3.05) is 6.61 Å². The van der Waals surface area contributed by atoms with Gasteiger partial charge in [-0.15, -0.1) is 0 Å². The fourth-order valence-electron chi connectivity index (χ4n) is 0.608. The number of aromatic nitrogens is 1. The predicted octanol–water partition coefficient (Wildman–Crippen LogP) is 0.564. The number of hydrogen-bond acceptors (Lipinski definition) is 2. The highest BCUT2D eigenvalue weighted by Crippen LogP contribution is 1.94. The van der Waals surface area contributed by atoms with Crippen LogP contribution in [0.3, 0.4) is 0 Å². The van der Waals surface area contributed by atoms with Gasteiger partial charge in [-0.2, -0.15) is 4.39 Å². The number of hydrogen-bond donors (Lipinski definition) is 1. The lowest BCUT2D eigenvalue weighted by molar-refractivity contribution is 0.350. The second kappa shape index (κ2) is 3.69. The quantitative estimate of drug-likeness (QED) is 0.434. The van der Waals surface area contributed by atoms with Crippen LogP contribution < -0.4 is 0 Å². The molecule has 0 saturated heterocycles. The Morgan fingerprint density at radius 2 is 2.36 bits per heavy atom. The zero-order chi connectivity index (χ0) is 8.10. The standard InChI is InChI=1S/C8H6FNO/c9-8-5-1-3-7(10-8)4-2-6-11/h1,3,5,11H,6H2. The third-order valence-electron chi connectivity index (χ3n) is 1.01. The molecular formula is C8H6FNO. The molecule has 0 bridgehead atoms. The highest BCUT2D eigenvalue weighted by molar-refractivity contribution is 5.26. The zero-order valence-corrected chi connectivity index (χ0v) is 5.71. The molecule has 0 saturated carbocycles. The number of aliphatic hydroxyl groups excluding tert-OH is 1. The van der Waals surface area contributed by atoms with E-state index in [9.17, 15) is 4.39 Å². The van der Waals surface area contributed by atoms with Crippen LogP contribution in [0.15, 0.2) is 18.2 Å². The van der Waals surface area contributed by atoms with Crippen molar-refractivity contribution in [3.8, 4) is 11.8 Å². The molecule has 3 heteroatoms. The van der Waals surface area contributed by atoms with Gasteiger partial charge in [0, 0.05) is 0 Å². The smallest absolute Gasteiger partial charge is 0.214 e. The van der Waals surface area contributed by atoms with E-state index in [1.54, 1.807) is 6.07 Å². The fourth-order valence-corrected chi connectivity index (χ4v) is 0.608. The minimum atomic E-state index is -0.560. The van der Waals surface area contributed by atoms with Gasteiger partial charge in [-0.1, -0.05) is 12.0 Å². The average Bonchev–Trinajstić information content (AvgIpc) is 2.01. The molecule has 1 rings (SSSR count). The Morgan fingerprint density at radius 3 is 3.00 bits per heavy atom. The molecule has 0 aromatic carbocycles. The van der Waals surface area contributed by atoms with Crippen LogP contribution in [-0.2, 0) is 0 Å². The van der Waals surface area contributed by atoms with E-state index >= 15 is 0 Å². The van der Waals surface area contributed by atoms with Crippen LogP contribution in [0.2, 0.25) is 0 Å². The summed E-state index contributed by atoms with van der Waals surface area (Å²) in [5, 5.41) is 8.30. The molecule has 0 radical (unpaired) electrons. The van der Waals surface area contributed by atoms with Gasteiger partial charge in [0.15, 0.2) is 0 Å². The summed E-state index contributed by atoms with van der Waals surface area (Å²) < 4.78 is 12.4. The average molecular weight is 151 g/mol. The molecule has 0 aliphatic heterocycles. The van der Waals surface area contributed by atoms with Crippen LogP contribution in [0.1, 0.15) is 5.69 Å². The predicted molar refractivity (Wildman–Crippen MR) is 38.2 cm³/mol. The molecule has 0 spiro atoms. The van der Waals surface area contributed by atoms with Crippen LogP contribution in [0.4, 0.5) is 4.39 Å². The van der Waals surface area contributed by atoms with E-state index in [4.69, 9.17) is 5.11 Å². The highest BCUT2D eigenvalue weighted by Gasteiger charge is 1.89. The lowest BCUT2D eigenvalue weighted by Crippen LogP contribution is -1.85. The van der Waals surface area contributed by atoms with Crippen LogP contribution >= 0.6 is 0 Å². The van der Waals surface area contributed by atoms with Gasteiger partial charge in [0.2, 0.25) is 5.95 Å². The maximum atomic E-state index is 12.4. The molecule has 1 aromatic rings. The summed E-state index contributed by atoms with van der Waals surface area (Å²) in [6, 6.07) is 4.33. The van der Waals surface area contributed by atoms with E-state index in [2.05, 4.69) is 16.8 Å². The summed E-state index contributed by atoms with van der Waals surface area (Å²) in [5.74, 6) is 4.29. The van der Waals surface area contributed by atoms with E-state index in [0.29, 0.717) is 5.69 Å². The minimum absolute atomic E-state index is 0.238. The van der Waals surface area contributed by atoms with Crippen molar-refractivity contribution in [2.24, 2.45) is 0 Å². The summed E-state index contributed by atoms with van der Waals surface area (Å²) in [6.45, 7) is -0.238. The Balaban J connectivity index is 2.87. The van der Waals surface area contributed by atoms with Crippen LogP contribution in [-0.4, -0.2) is 16.7 Å². The first-order valence-electron chi connectivity index (χ1n) is 3.05. The van der Waals surface area contributed by atoms with Gasteiger partial charge >= 0.3 is 0 Å². The van der Waals surface area contributed by atoms with E-state index in [1.807, 2.05) is 0 Å². The maximum Gasteiger partial charge on any atom is 0.214 e. The van der Waals surface area contributed by atoms with E-state index in [1.165, 1.54) is 12.1 Å². The Kier molecular flexibility index (Phi) is 2.59. The van der Waals surface area contributed by atoms with E-state index in [-0.39, 0.29) is 6.61 Å². The first kappa shape index (κ1) is 7.70. The molecule has 0 aliphatic rings. The lowest BCUT2D eigenvalue weighted by Gasteiger charge is -1.87. The van der Waals surface area contributed by atoms with Gasteiger partial charge in [0.25, 0.3) is 0 Å². The third kappa shape index (κ3) is 2.36. The Labute approximate surface area is 63.7 Å². The molecule has 0 atom stereocenters. The van der Waals surface area contributed by atoms with E-state index in [0.717, 1.165) is 0 Å². The second-order valence-electron chi connectivity index (χ2n) is 1.81. The molecule has 1 aromatic heterocycles. The molecule has 1 heterocycles.